The minimum atomic E-state index is -0.530. The number of ether oxygens (including phenoxy) is 1. The molecule has 0 unspecified atom stereocenters. The number of phenolic OH excluding ortho intramolecular Hbond substituents is 1. The van der Waals surface area contributed by atoms with Crippen molar-refractivity contribution < 1.29 is 19.7 Å². The fourth-order valence-corrected chi connectivity index (χ4v) is 1.21. The maximum atomic E-state index is 11.3. The molecule has 1 amide bonds. The molecule has 5 heteroatoms. The van der Waals surface area contributed by atoms with Crippen molar-refractivity contribution >= 4 is 6.09 Å². The highest BCUT2D eigenvalue weighted by molar-refractivity contribution is 5.67. The number of aromatic hydroxyl groups is 1. The van der Waals surface area contributed by atoms with Crippen LogP contribution in [-0.2, 0) is 11.3 Å². The van der Waals surface area contributed by atoms with Gasteiger partial charge in [-0.2, -0.15) is 0 Å². The summed E-state index contributed by atoms with van der Waals surface area (Å²) >= 11 is 0. The predicted molar refractivity (Wildman–Crippen MR) is 58.0 cm³/mol. The largest absolute Gasteiger partial charge is 0.508 e. The van der Waals surface area contributed by atoms with Crippen molar-refractivity contribution in [2.75, 3.05) is 20.3 Å². The molecule has 1 rings (SSSR count). The van der Waals surface area contributed by atoms with Crippen LogP contribution in [0.15, 0.2) is 24.3 Å². The van der Waals surface area contributed by atoms with Crippen molar-refractivity contribution in [2.24, 2.45) is 0 Å². The maximum Gasteiger partial charge on any atom is 0.409 e. The molecule has 1 aromatic carbocycles. The summed E-state index contributed by atoms with van der Waals surface area (Å²) < 4.78 is 4.72. The highest BCUT2D eigenvalue weighted by atomic mass is 16.6. The summed E-state index contributed by atoms with van der Waals surface area (Å²) in [6.45, 7) is 0.0387. The van der Waals surface area contributed by atoms with Gasteiger partial charge in [-0.05, 0) is 6.07 Å². The van der Waals surface area contributed by atoms with E-state index < -0.39 is 6.09 Å². The van der Waals surface area contributed by atoms with Gasteiger partial charge in [0.25, 0.3) is 0 Å². The van der Waals surface area contributed by atoms with E-state index in [0.29, 0.717) is 5.56 Å². The Morgan fingerprint density at radius 3 is 2.75 bits per heavy atom. The Morgan fingerprint density at radius 2 is 2.12 bits per heavy atom. The third-order valence-electron chi connectivity index (χ3n) is 2.03. The summed E-state index contributed by atoms with van der Waals surface area (Å²) in [5.41, 5.74) is 0.644. The van der Waals surface area contributed by atoms with E-state index >= 15 is 0 Å². The summed E-state index contributed by atoms with van der Waals surface area (Å²) in [6, 6.07) is 6.78. The van der Waals surface area contributed by atoms with E-state index in [9.17, 15) is 9.90 Å². The van der Waals surface area contributed by atoms with Crippen molar-refractivity contribution in [3.8, 4) is 5.75 Å². The molecule has 88 valence electrons. The maximum absolute atomic E-state index is 11.3. The monoisotopic (exact) mass is 225 g/mol. The average Bonchev–Trinajstić information content (AvgIpc) is 2.28. The van der Waals surface area contributed by atoms with Gasteiger partial charge in [0.15, 0.2) is 0 Å². The number of para-hydroxylation sites is 1. The lowest BCUT2D eigenvalue weighted by Crippen LogP contribution is -2.27. The molecule has 0 aliphatic rings. The molecule has 0 atom stereocenters. The standard InChI is InChI=1S/C11H15NO4/c1-12(11(15)16-7-6-13)8-9-4-2-3-5-10(9)14/h2-5,13-14H,6-8H2,1H3. The molecular formula is C11H15NO4. The zero-order chi connectivity index (χ0) is 12.0. The molecule has 0 heterocycles. The number of hydrogen-bond donors (Lipinski definition) is 2. The highest BCUT2D eigenvalue weighted by Gasteiger charge is 2.11. The summed E-state index contributed by atoms with van der Waals surface area (Å²) in [6.07, 6.45) is -0.530. The average molecular weight is 225 g/mol. The van der Waals surface area contributed by atoms with E-state index in [2.05, 4.69) is 0 Å². The van der Waals surface area contributed by atoms with Gasteiger partial charge in [0, 0.05) is 12.6 Å². The van der Waals surface area contributed by atoms with E-state index in [1.165, 1.54) is 4.90 Å². The van der Waals surface area contributed by atoms with Gasteiger partial charge in [-0.25, -0.2) is 4.79 Å². The second kappa shape index (κ2) is 5.97. The van der Waals surface area contributed by atoms with Gasteiger partial charge in [0.1, 0.15) is 12.4 Å². The molecule has 0 radical (unpaired) electrons. The normalized spacial score (nSPS) is 9.88. The van der Waals surface area contributed by atoms with Gasteiger partial charge in [0.2, 0.25) is 0 Å². The first-order valence-electron chi connectivity index (χ1n) is 4.90. The number of rotatable bonds is 4. The van der Waals surface area contributed by atoms with Crippen molar-refractivity contribution in [1.82, 2.24) is 4.90 Å². The minimum absolute atomic E-state index is 0.0239. The van der Waals surface area contributed by atoms with Gasteiger partial charge in [-0.3, -0.25) is 0 Å². The topological polar surface area (TPSA) is 70.0 Å². The van der Waals surface area contributed by atoms with Gasteiger partial charge < -0.3 is 19.8 Å². The first-order chi connectivity index (χ1) is 7.65. The Labute approximate surface area is 93.9 Å². The fraction of sp³-hybridized carbons (Fsp3) is 0.364. The lowest BCUT2D eigenvalue weighted by atomic mass is 10.2. The number of aliphatic hydroxyl groups excluding tert-OH is 1. The van der Waals surface area contributed by atoms with Gasteiger partial charge >= 0.3 is 6.09 Å². The number of phenols is 1. The van der Waals surface area contributed by atoms with Crippen LogP contribution < -0.4 is 0 Å². The third kappa shape index (κ3) is 3.43. The van der Waals surface area contributed by atoms with Crippen molar-refractivity contribution in [3.05, 3.63) is 29.8 Å². The Morgan fingerprint density at radius 1 is 1.44 bits per heavy atom. The van der Waals surface area contributed by atoms with Crippen molar-refractivity contribution in [3.63, 3.8) is 0 Å². The zero-order valence-electron chi connectivity index (χ0n) is 9.09. The number of benzene rings is 1. The van der Waals surface area contributed by atoms with Crippen LogP contribution in [0.25, 0.3) is 0 Å². The van der Waals surface area contributed by atoms with E-state index in [0.717, 1.165) is 0 Å². The van der Waals surface area contributed by atoms with Gasteiger partial charge in [0.05, 0.1) is 13.2 Å². The fourth-order valence-electron chi connectivity index (χ4n) is 1.21. The molecule has 16 heavy (non-hydrogen) atoms. The number of amides is 1. The van der Waals surface area contributed by atoms with Crippen LogP contribution in [-0.4, -0.2) is 41.5 Å². The number of aliphatic hydroxyl groups is 1. The van der Waals surface area contributed by atoms with Crippen LogP contribution in [0.3, 0.4) is 0 Å². The Hall–Kier alpha value is -1.75. The molecule has 0 fully saturated rings. The van der Waals surface area contributed by atoms with E-state index in [4.69, 9.17) is 9.84 Å². The number of nitrogens with zero attached hydrogens (tertiary/aromatic N) is 1. The third-order valence-corrected chi connectivity index (χ3v) is 2.03. The first-order valence-corrected chi connectivity index (χ1v) is 4.90. The lowest BCUT2D eigenvalue weighted by Gasteiger charge is -2.17. The summed E-state index contributed by atoms with van der Waals surface area (Å²) in [5, 5.41) is 18.0. The second-order valence-electron chi connectivity index (χ2n) is 3.32. The Balaban J connectivity index is 2.54. The van der Waals surface area contributed by atoms with E-state index in [1.54, 1.807) is 31.3 Å². The molecule has 1 aromatic rings. The first kappa shape index (κ1) is 12.3. The van der Waals surface area contributed by atoms with Crippen LogP contribution in [0.2, 0.25) is 0 Å². The lowest BCUT2D eigenvalue weighted by molar-refractivity contribution is 0.0892. The Kier molecular flexibility index (Phi) is 4.60. The molecule has 2 N–H and O–H groups in total. The van der Waals surface area contributed by atoms with E-state index in [-0.39, 0.29) is 25.5 Å². The molecule has 0 bridgehead atoms. The van der Waals surface area contributed by atoms with Gasteiger partial charge in [-0.15, -0.1) is 0 Å². The number of carbonyl (C=O) groups excluding carboxylic acids is 1. The number of hydrogen-bond acceptors (Lipinski definition) is 4. The number of carbonyl (C=O) groups is 1. The molecule has 0 saturated carbocycles. The molecule has 5 nitrogen and oxygen atoms in total. The Bertz CT molecular complexity index is 354. The van der Waals surface area contributed by atoms with Crippen LogP contribution in [0.1, 0.15) is 5.56 Å². The van der Waals surface area contributed by atoms with Crippen LogP contribution in [0, 0.1) is 0 Å². The SMILES string of the molecule is CN(Cc1ccccc1O)C(=O)OCCO. The quantitative estimate of drug-likeness (QED) is 0.800. The highest BCUT2D eigenvalue weighted by Crippen LogP contribution is 2.17. The predicted octanol–water partition coefficient (Wildman–Crippen LogP) is 0.953. The minimum Gasteiger partial charge on any atom is -0.508 e. The van der Waals surface area contributed by atoms with Gasteiger partial charge in [-0.1, -0.05) is 18.2 Å². The van der Waals surface area contributed by atoms with Crippen molar-refractivity contribution in [1.29, 1.82) is 0 Å². The van der Waals surface area contributed by atoms with E-state index in [1.807, 2.05) is 0 Å². The molecular weight excluding hydrogens is 210 g/mol. The van der Waals surface area contributed by atoms with Crippen LogP contribution in [0.4, 0.5) is 4.79 Å². The summed E-state index contributed by atoms with van der Waals surface area (Å²) in [5.74, 6) is 0.143. The molecule has 0 aliphatic heterocycles. The second-order valence-corrected chi connectivity index (χ2v) is 3.32. The molecule has 0 aromatic heterocycles. The van der Waals surface area contributed by atoms with Crippen LogP contribution in [0.5, 0.6) is 5.75 Å². The molecule has 0 spiro atoms. The molecule has 0 aliphatic carbocycles. The summed E-state index contributed by atoms with van der Waals surface area (Å²) in [7, 11) is 1.56. The summed E-state index contributed by atoms with van der Waals surface area (Å²) in [4.78, 5) is 12.7. The smallest absolute Gasteiger partial charge is 0.409 e. The van der Waals surface area contributed by atoms with Crippen LogP contribution >= 0.6 is 0 Å². The van der Waals surface area contributed by atoms with Crippen molar-refractivity contribution in [2.45, 2.75) is 6.54 Å². The zero-order valence-corrected chi connectivity index (χ0v) is 9.09. The molecule has 0 saturated heterocycles.